The Labute approximate surface area is 248 Å². The van der Waals surface area contributed by atoms with Crippen molar-refractivity contribution in [3.05, 3.63) is 114 Å². The maximum absolute atomic E-state index is 13.2. The van der Waals surface area contributed by atoms with Crippen LogP contribution in [-0.4, -0.2) is 30.1 Å². The Kier molecular flexibility index (Phi) is 8.92. The summed E-state index contributed by atoms with van der Waals surface area (Å²) in [5.74, 6) is -0.391. The Bertz CT molecular complexity index is 1790. The lowest BCUT2D eigenvalue weighted by Crippen LogP contribution is -2.13. The second-order valence-electron chi connectivity index (χ2n) is 9.36. The molecule has 0 aliphatic heterocycles. The number of hydrogen-bond donors (Lipinski definition) is 3. The molecule has 9 nitrogen and oxygen atoms in total. The first-order chi connectivity index (χ1) is 21.0. The first kappa shape index (κ1) is 28.8. The van der Waals surface area contributed by atoms with Crippen LogP contribution >= 0.6 is 0 Å². The summed E-state index contributed by atoms with van der Waals surface area (Å²) in [7, 11) is 0. The molecule has 3 N–H and O–H groups in total. The van der Waals surface area contributed by atoms with E-state index in [9.17, 15) is 14.7 Å². The molecule has 5 aromatic rings. The molecule has 5 aromatic carbocycles. The third kappa shape index (κ3) is 6.62. The van der Waals surface area contributed by atoms with Crippen molar-refractivity contribution in [3.8, 4) is 17.2 Å². The topological polar surface area (TPSA) is 122 Å². The molecule has 0 aliphatic carbocycles. The number of anilines is 2. The van der Waals surface area contributed by atoms with Gasteiger partial charge in [0.25, 0.3) is 11.8 Å². The van der Waals surface area contributed by atoms with Crippen LogP contribution in [-0.2, 0) is 0 Å². The molecule has 0 saturated carbocycles. The Balaban J connectivity index is 1.55. The van der Waals surface area contributed by atoms with Crippen LogP contribution in [0.3, 0.4) is 0 Å². The number of nitrogens with one attached hydrogen (secondary N) is 2. The van der Waals surface area contributed by atoms with Crippen molar-refractivity contribution in [3.63, 3.8) is 0 Å². The molecule has 5 rings (SSSR count). The van der Waals surface area contributed by atoms with E-state index in [1.807, 2.05) is 44.2 Å². The number of azo groups is 1. The van der Waals surface area contributed by atoms with Gasteiger partial charge >= 0.3 is 0 Å². The Morgan fingerprint density at radius 2 is 1.37 bits per heavy atom. The van der Waals surface area contributed by atoms with Crippen LogP contribution in [0.2, 0.25) is 0 Å². The highest BCUT2D eigenvalue weighted by molar-refractivity contribution is 6.11. The molecule has 0 aliphatic rings. The molecule has 0 radical (unpaired) electrons. The number of rotatable bonds is 10. The minimum Gasteiger partial charge on any atom is -0.505 e. The standard InChI is InChI=1S/C34H30N4O5/c1-3-42-29-21-28(30(43-4-2)20-27(29)36-33(40)22-13-7-5-8-14-22)37-38-31-25-18-12-11-15-23(25)19-26(32(31)39)34(41)35-24-16-9-6-10-17-24/h5-21,39H,3-4H2,1-2H3,(H,35,41)(H,36,40). The van der Waals surface area contributed by atoms with E-state index in [4.69, 9.17) is 9.47 Å². The Morgan fingerprint density at radius 3 is 2.09 bits per heavy atom. The molecule has 9 heteroatoms. The van der Waals surface area contributed by atoms with Crippen molar-refractivity contribution < 1.29 is 24.2 Å². The van der Waals surface area contributed by atoms with E-state index in [1.54, 1.807) is 72.8 Å². The average Bonchev–Trinajstić information content (AvgIpc) is 3.03. The molecule has 0 spiro atoms. The number of phenols is 1. The zero-order chi connectivity index (χ0) is 30.2. The van der Waals surface area contributed by atoms with Crippen molar-refractivity contribution in [2.45, 2.75) is 13.8 Å². The summed E-state index contributed by atoms with van der Waals surface area (Å²) in [4.78, 5) is 26.1. The lowest BCUT2D eigenvalue weighted by molar-refractivity contribution is 0.101. The fraction of sp³-hybridized carbons (Fsp3) is 0.118. The summed E-state index contributed by atoms with van der Waals surface area (Å²) in [6, 6.07) is 29.9. The predicted octanol–water partition coefficient (Wildman–Crippen LogP) is 8.26. The van der Waals surface area contributed by atoms with Gasteiger partial charge in [0.1, 0.15) is 22.9 Å². The summed E-state index contributed by atoms with van der Waals surface area (Å²) in [6.07, 6.45) is 0. The van der Waals surface area contributed by atoms with E-state index < -0.39 is 5.91 Å². The lowest BCUT2D eigenvalue weighted by atomic mass is 10.0. The van der Waals surface area contributed by atoms with E-state index in [1.165, 1.54) is 0 Å². The molecule has 0 saturated heterocycles. The third-order valence-electron chi connectivity index (χ3n) is 6.47. The van der Waals surface area contributed by atoms with Crippen LogP contribution in [0, 0.1) is 0 Å². The van der Waals surface area contributed by atoms with Crippen molar-refractivity contribution in [1.29, 1.82) is 0 Å². The Hall–Kier alpha value is -5.70. The molecule has 2 amide bonds. The highest BCUT2D eigenvalue weighted by atomic mass is 16.5. The third-order valence-corrected chi connectivity index (χ3v) is 6.47. The molecular weight excluding hydrogens is 544 g/mol. The number of phenolic OH excluding ortho intramolecular Hbond substituents is 1. The van der Waals surface area contributed by atoms with Gasteiger partial charge in [-0.3, -0.25) is 9.59 Å². The molecule has 0 unspecified atom stereocenters. The SMILES string of the molecule is CCOc1cc(NC(=O)c2ccccc2)c(OCC)cc1N=Nc1c(O)c(C(=O)Nc2ccccc2)cc2ccccc12. The van der Waals surface area contributed by atoms with Crippen LogP contribution in [0.15, 0.2) is 113 Å². The number of ether oxygens (including phenoxy) is 2. The summed E-state index contributed by atoms with van der Waals surface area (Å²) in [6.45, 7) is 4.32. The maximum atomic E-state index is 13.2. The Morgan fingerprint density at radius 1 is 0.721 bits per heavy atom. The molecule has 0 atom stereocenters. The molecule has 0 fully saturated rings. The molecule has 0 heterocycles. The predicted molar refractivity (Wildman–Crippen MR) is 167 cm³/mol. The molecule has 0 aromatic heterocycles. The fourth-order valence-corrected chi connectivity index (χ4v) is 4.47. The summed E-state index contributed by atoms with van der Waals surface area (Å²) in [5, 5.41) is 27.1. The van der Waals surface area contributed by atoms with Crippen molar-refractivity contribution in [2.24, 2.45) is 10.2 Å². The van der Waals surface area contributed by atoms with E-state index in [2.05, 4.69) is 20.9 Å². The van der Waals surface area contributed by atoms with Gasteiger partial charge in [-0.1, -0.05) is 60.7 Å². The minimum atomic E-state index is -0.488. The highest BCUT2D eigenvalue weighted by Gasteiger charge is 2.20. The van der Waals surface area contributed by atoms with Gasteiger partial charge in [0.15, 0.2) is 5.75 Å². The summed E-state index contributed by atoms with van der Waals surface area (Å²) < 4.78 is 11.7. The van der Waals surface area contributed by atoms with E-state index >= 15 is 0 Å². The normalized spacial score (nSPS) is 10.9. The molecule has 0 bridgehead atoms. The number of carbonyl (C=O) groups is 2. The average molecular weight is 575 g/mol. The first-order valence-corrected chi connectivity index (χ1v) is 13.8. The van der Waals surface area contributed by atoms with Gasteiger partial charge in [-0.15, -0.1) is 10.2 Å². The minimum absolute atomic E-state index is 0.0514. The van der Waals surface area contributed by atoms with E-state index in [0.717, 1.165) is 0 Å². The highest BCUT2D eigenvalue weighted by Crippen LogP contribution is 2.43. The van der Waals surface area contributed by atoms with Gasteiger partial charge in [0.05, 0.1) is 24.5 Å². The monoisotopic (exact) mass is 574 g/mol. The summed E-state index contributed by atoms with van der Waals surface area (Å²) in [5.41, 5.74) is 1.97. The molecule has 43 heavy (non-hydrogen) atoms. The number of amides is 2. The van der Waals surface area contributed by atoms with Crippen molar-refractivity contribution in [2.75, 3.05) is 23.8 Å². The van der Waals surface area contributed by atoms with Crippen LogP contribution in [0.1, 0.15) is 34.6 Å². The van der Waals surface area contributed by atoms with Gasteiger partial charge in [-0.05, 0) is 49.6 Å². The smallest absolute Gasteiger partial charge is 0.259 e. The van der Waals surface area contributed by atoms with Crippen LogP contribution < -0.4 is 20.1 Å². The van der Waals surface area contributed by atoms with Gasteiger partial charge < -0.3 is 25.2 Å². The number of para-hydroxylation sites is 1. The number of benzene rings is 5. The second-order valence-corrected chi connectivity index (χ2v) is 9.36. The number of carbonyl (C=O) groups excluding carboxylic acids is 2. The first-order valence-electron chi connectivity index (χ1n) is 13.8. The second kappa shape index (κ2) is 13.3. The lowest BCUT2D eigenvalue weighted by Gasteiger charge is -2.15. The van der Waals surface area contributed by atoms with Crippen LogP contribution in [0.5, 0.6) is 17.2 Å². The molecular formula is C34H30N4O5. The van der Waals surface area contributed by atoms with E-state index in [0.29, 0.717) is 58.1 Å². The quantitative estimate of drug-likeness (QED) is 0.145. The fourth-order valence-electron chi connectivity index (χ4n) is 4.47. The summed E-state index contributed by atoms with van der Waals surface area (Å²) >= 11 is 0. The van der Waals surface area contributed by atoms with Crippen molar-refractivity contribution >= 4 is 45.3 Å². The van der Waals surface area contributed by atoms with Gasteiger partial charge in [0, 0.05) is 28.8 Å². The zero-order valence-electron chi connectivity index (χ0n) is 23.7. The van der Waals surface area contributed by atoms with Gasteiger partial charge in [-0.2, -0.15) is 0 Å². The van der Waals surface area contributed by atoms with Gasteiger partial charge in [0.2, 0.25) is 0 Å². The van der Waals surface area contributed by atoms with E-state index in [-0.39, 0.29) is 22.9 Å². The maximum Gasteiger partial charge on any atom is 0.259 e. The zero-order valence-corrected chi connectivity index (χ0v) is 23.7. The van der Waals surface area contributed by atoms with Crippen LogP contribution in [0.4, 0.5) is 22.7 Å². The largest absolute Gasteiger partial charge is 0.505 e. The van der Waals surface area contributed by atoms with Crippen molar-refractivity contribution in [1.82, 2.24) is 0 Å². The number of nitrogens with zero attached hydrogens (tertiary/aromatic N) is 2. The molecule has 216 valence electrons. The van der Waals surface area contributed by atoms with Crippen LogP contribution in [0.25, 0.3) is 10.8 Å². The number of aromatic hydroxyl groups is 1. The number of hydrogen-bond acceptors (Lipinski definition) is 7. The van der Waals surface area contributed by atoms with Gasteiger partial charge in [-0.25, -0.2) is 0 Å². The number of fused-ring (bicyclic) bond motifs is 1.